The first-order chi connectivity index (χ1) is 8.20. The Balaban J connectivity index is 2.13. The van der Waals surface area contributed by atoms with Crippen LogP contribution in [0.3, 0.4) is 0 Å². The highest BCUT2D eigenvalue weighted by atomic mass is 32.2. The number of aliphatic hydroxyl groups excluding tert-OH is 1. The van der Waals surface area contributed by atoms with Crippen LogP contribution < -0.4 is 5.32 Å². The molecule has 0 aliphatic rings. The van der Waals surface area contributed by atoms with Crippen LogP contribution in [0.2, 0.25) is 0 Å². The van der Waals surface area contributed by atoms with Crippen molar-refractivity contribution in [1.82, 2.24) is 15.3 Å². The maximum atomic E-state index is 9.24. The maximum Gasteiger partial charge on any atom is 0.116 e. The molecule has 1 heterocycles. The van der Waals surface area contributed by atoms with Crippen molar-refractivity contribution in [2.24, 2.45) is 0 Å². The lowest BCUT2D eigenvalue weighted by Gasteiger charge is -2.26. The maximum absolute atomic E-state index is 9.24. The predicted octanol–water partition coefficient (Wildman–Crippen LogP) is 1.71. The van der Waals surface area contributed by atoms with Gasteiger partial charge in [-0.2, -0.15) is 0 Å². The van der Waals surface area contributed by atoms with Crippen LogP contribution in [0.4, 0.5) is 0 Å². The lowest BCUT2D eigenvalue weighted by Crippen LogP contribution is -2.43. The minimum Gasteiger partial charge on any atom is -0.394 e. The summed E-state index contributed by atoms with van der Waals surface area (Å²) in [5, 5.41) is 13.4. The molecule has 1 unspecified atom stereocenters. The van der Waals surface area contributed by atoms with Crippen LogP contribution in [0.1, 0.15) is 26.2 Å². The number of likely N-dealkylation sites (N-methyl/N-ethyl adjacent to an activating group) is 1. The standard InChI is InChI=1S/C12H21N3OS/c1-12(9-16,13-2)6-3-4-8-17-11-5-7-14-10-15-11/h5,7,10,13,16H,3-4,6,8-9H2,1-2H3. The van der Waals surface area contributed by atoms with Gasteiger partial charge < -0.3 is 10.4 Å². The Morgan fingerprint density at radius 1 is 1.47 bits per heavy atom. The molecule has 0 saturated carbocycles. The van der Waals surface area contributed by atoms with Crippen molar-refractivity contribution < 1.29 is 5.11 Å². The Hall–Kier alpha value is -0.650. The molecule has 0 aliphatic carbocycles. The molecular formula is C12H21N3OS. The molecule has 4 nitrogen and oxygen atoms in total. The number of rotatable bonds is 8. The first-order valence-electron chi connectivity index (χ1n) is 5.89. The predicted molar refractivity (Wildman–Crippen MR) is 71.2 cm³/mol. The smallest absolute Gasteiger partial charge is 0.116 e. The van der Waals surface area contributed by atoms with Gasteiger partial charge in [0, 0.05) is 11.7 Å². The van der Waals surface area contributed by atoms with Crippen molar-refractivity contribution in [2.75, 3.05) is 19.4 Å². The molecule has 1 atom stereocenters. The van der Waals surface area contributed by atoms with E-state index in [4.69, 9.17) is 0 Å². The molecule has 96 valence electrons. The van der Waals surface area contributed by atoms with Gasteiger partial charge in [-0.15, -0.1) is 11.8 Å². The highest BCUT2D eigenvalue weighted by Gasteiger charge is 2.19. The number of thioether (sulfide) groups is 1. The Kier molecular flexibility index (Phi) is 6.47. The second-order valence-corrected chi connectivity index (χ2v) is 5.44. The van der Waals surface area contributed by atoms with Gasteiger partial charge in [0.25, 0.3) is 0 Å². The molecule has 0 radical (unpaired) electrons. The Morgan fingerprint density at radius 2 is 2.29 bits per heavy atom. The lowest BCUT2D eigenvalue weighted by atomic mass is 9.96. The zero-order valence-electron chi connectivity index (χ0n) is 10.5. The summed E-state index contributed by atoms with van der Waals surface area (Å²) >= 11 is 1.75. The Labute approximate surface area is 107 Å². The molecule has 0 bridgehead atoms. The van der Waals surface area contributed by atoms with Crippen molar-refractivity contribution in [2.45, 2.75) is 36.8 Å². The third-order valence-corrected chi connectivity index (χ3v) is 3.91. The normalized spacial score (nSPS) is 14.5. The number of nitrogens with zero attached hydrogens (tertiary/aromatic N) is 2. The van der Waals surface area contributed by atoms with E-state index in [0.717, 1.165) is 30.0 Å². The van der Waals surface area contributed by atoms with Gasteiger partial charge in [0.05, 0.1) is 11.6 Å². The molecule has 1 aromatic heterocycles. The fourth-order valence-electron chi connectivity index (χ4n) is 1.44. The molecule has 1 aromatic rings. The highest BCUT2D eigenvalue weighted by Crippen LogP contribution is 2.18. The van der Waals surface area contributed by atoms with E-state index in [1.165, 1.54) is 0 Å². The molecule has 2 N–H and O–H groups in total. The summed E-state index contributed by atoms with van der Waals surface area (Å²) in [6.45, 7) is 2.23. The minimum absolute atomic E-state index is 0.139. The van der Waals surface area contributed by atoms with Crippen LogP contribution in [0.5, 0.6) is 0 Å². The van der Waals surface area contributed by atoms with E-state index in [-0.39, 0.29) is 12.1 Å². The Bertz CT molecular complexity index is 304. The van der Waals surface area contributed by atoms with Crippen LogP contribution in [0, 0.1) is 0 Å². The number of hydrogen-bond acceptors (Lipinski definition) is 5. The molecule has 0 aliphatic heterocycles. The summed E-state index contributed by atoms with van der Waals surface area (Å²) in [4.78, 5) is 8.04. The van der Waals surface area contributed by atoms with Gasteiger partial charge >= 0.3 is 0 Å². The summed E-state index contributed by atoms with van der Waals surface area (Å²) in [7, 11) is 1.89. The van der Waals surface area contributed by atoms with E-state index in [1.807, 2.05) is 20.0 Å². The molecule has 0 amide bonds. The van der Waals surface area contributed by atoms with Crippen LogP contribution in [-0.4, -0.2) is 40.0 Å². The van der Waals surface area contributed by atoms with Crippen molar-refractivity contribution in [1.29, 1.82) is 0 Å². The molecule has 0 spiro atoms. The molecule has 17 heavy (non-hydrogen) atoms. The van der Waals surface area contributed by atoms with Gasteiger partial charge in [-0.3, -0.25) is 0 Å². The number of aliphatic hydroxyl groups is 1. The molecular weight excluding hydrogens is 234 g/mol. The molecule has 0 aromatic carbocycles. The summed E-state index contributed by atoms with van der Waals surface area (Å²) in [5.41, 5.74) is -0.139. The van der Waals surface area contributed by atoms with E-state index in [0.29, 0.717) is 0 Å². The van der Waals surface area contributed by atoms with E-state index < -0.39 is 0 Å². The van der Waals surface area contributed by atoms with Gasteiger partial charge in [-0.1, -0.05) is 6.42 Å². The summed E-state index contributed by atoms with van der Waals surface area (Å²) in [6.07, 6.45) is 6.57. The third kappa shape index (κ3) is 5.48. The zero-order valence-corrected chi connectivity index (χ0v) is 11.3. The van der Waals surface area contributed by atoms with E-state index in [2.05, 4.69) is 15.3 Å². The van der Waals surface area contributed by atoms with Crippen molar-refractivity contribution in [3.63, 3.8) is 0 Å². The average Bonchev–Trinajstić information content (AvgIpc) is 2.39. The molecule has 5 heteroatoms. The highest BCUT2D eigenvalue weighted by molar-refractivity contribution is 7.99. The molecule has 0 saturated heterocycles. The fourth-order valence-corrected chi connectivity index (χ4v) is 2.28. The van der Waals surface area contributed by atoms with E-state index in [1.54, 1.807) is 24.3 Å². The number of hydrogen-bond donors (Lipinski definition) is 2. The monoisotopic (exact) mass is 255 g/mol. The summed E-state index contributed by atoms with van der Waals surface area (Å²) < 4.78 is 0. The van der Waals surface area contributed by atoms with Gasteiger partial charge in [-0.25, -0.2) is 9.97 Å². The van der Waals surface area contributed by atoms with Crippen molar-refractivity contribution in [3.8, 4) is 0 Å². The van der Waals surface area contributed by atoms with Crippen LogP contribution >= 0.6 is 11.8 Å². The van der Waals surface area contributed by atoms with Gasteiger partial charge in [0.15, 0.2) is 0 Å². The summed E-state index contributed by atoms with van der Waals surface area (Å²) in [5.74, 6) is 1.06. The Morgan fingerprint density at radius 3 is 2.88 bits per heavy atom. The zero-order chi connectivity index (χ0) is 12.6. The van der Waals surface area contributed by atoms with Crippen LogP contribution in [0.25, 0.3) is 0 Å². The average molecular weight is 255 g/mol. The molecule has 0 fully saturated rings. The van der Waals surface area contributed by atoms with Gasteiger partial charge in [0.2, 0.25) is 0 Å². The second-order valence-electron chi connectivity index (χ2n) is 4.32. The first-order valence-corrected chi connectivity index (χ1v) is 6.87. The second kappa shape index (κ2) is 7.63. The third-order valence-electron chi connectivity index (χ3n) is 2.88. The largest absolute Gasteiger partial charge is 0.394 e. The van der Waals surface area contributed by atoms with E-state index in [9.17, 15) is 5.11 Å². The minimum atomic E-state index is -0.139. The lowest BCUT2D eigenvalue weighted by molar-refractivity contribution is 0.171. The van der Waals surface area contributed by atoms with Crippen LogP contribution in [-0.2, 0) is 0 Å². The summed E-state index contributed by atoms with van der Waals surface area (Å²) in [6, 6.07) is 1.93. The van der Waals surface area contributed by atoms with Crippen molar-refractivity contribution >= 4 is 11.8 Å². The number of aromatic nitrogens is 2. The quantitative estimate of drug-likeness (QED) is 0.421. The SMILES string of the molecule is CNC(C)(CO)CCCCSc1ccncn1. The molecule has 1 rings (SSSR count). The first kappa shape index (κ1) is 14.4. The van der Waals surface area contributed by atoms with Gasteiger partial charge in [0.1, 0.15) is 6.33 Å². The topological polar surface area (TPSA) is 58.0 Å². The van der Waals surface area contributed by atoms with Crippen LogP contribution in [0.15, 0.2) is 23.6 Å². The number of nitrogens with one attached hydrogen (secondary N) is 1. The fraction of sp³-hybridized carbons (Fsp3) is 0.667. The van der Waals surface area contributed by atoms with E-state index >= 15 is 0 Å². The number of unbranched alkanes of at least 4 members (excludes halogenated alkanes) is 1. The van der Waals surface area contributed by atoms with Gasteiger partial charge in [-0.05, 0) is 38.6 Å². The van der Waals surface area contributed by atoms with Crippen molar-refractivity contribution in [3.05, 3.63) is 18.6 Å².